The van der Waals surface area contributed by atoms with Crippen LogP contribution in [0.3, 0.4) is 0 Å². The number of carbonyl (C=O) groups is 1. The third kappa shape index (κ3) is 4.21. The number of aromatic nitrogens is 4. The number of hydrogen-bond donors (Lipinski definition) is 2. The number of aliphatic carboxylic acids is 1. The number of H-pyrrole nitrogens is 1. The highest BCUT2D eigenvalue weighted by molar-refractivity contribution is 5.69. The summed E-state index contributed by atoms with van der Waals surface area (Å²) in [6.45, 7) is 3.45. The van der Waals surface area contributed by atoms with Gasteiger partial charge >= 0.3 is 5.97 Å². The second kappa shape index (κ2) is 7.28. The van der Waals surface area contributed by atoms with Crippen LogP contribution in [0, 0.1) is 0 Å². The summed E-state index contributed by atoms with van der Waals surface area (Å²) in [5.74, 6) is -0.413. The zero-order valence-electron chi connectivity index (χ0n) is 13.1. The zero-order valence-corrected chi connectivity index (χ0v) is 13.1. The predicted octanol–water partition coefficient (Wildman–Crippen LogP) is -0.571. The van der Waals surface area contributed by atoms with Crippen molar-refractivity contribution in [2.75, 3.05) is 32.7 Å². The molecule has 1 aliphatic rings. The van der Waals surface area contributed by atoms with Crippen molar-refractivity contribution in [2.24, 2.45) is 0 Å². The Morgan fingerprint density at radius 3 is 2.62 bits per heavy atom. The number of piperazine rings is 1. The van der Waals surface area contributed by atoms with Gasteiger partial charge in [0.1, 0.15) is 5.69 Å². The zero-order chi connectivity index (χ0) is 16.9. The van der Waals surface area contributed by atoms with Gasteiger partial charge in [-0.05, 0) is 0 Å². The quantitative estimate of drug-likeness (QED) is 0.749. The standard InChI is InChI=1S/C15H18N6O3/c22-13-7-11(18-15(19-13)12-8-16-1-2-17-12)9-20-3-5-21(6-4-20)10-14(23)24/h1-2,7-8H,3-6,9-10H2,(H,23,24)(H,18,19,22). The number of nitrogens with zero attached hydrogens (tertiary/aromatic N) is 5. The fourth-order valence-corrected chi connectivity index (χ4v) is 2.66. The SMILES string of the molecule is O=C(O)CN1CCN(Cc2cc(=O)[nH]c(-c3cnccn3)n2)CC1. The highest BCUT2D eigenvalue weighted by atomic mass is 16.4. The maximum Gasteiger partial charge on any atom is 0.317 e. The Kier molecular flexibility index (Phi) is 4.92. The van der Waals surface area contributed by atoms with E-state index in [4.69, 9.17) is 5.11 Å². The van der Waals surface area contributed by atoms with E-state index in [0.29, 0.717) is 36.8 Å². The molecule has 2 N–H and O–H groups in total. The molecule has 1 aliphatic heterocycles. The normalized spacial score (nSPS) is 16.2. The average Bonchev–Trinajstić information content (AvgIpc) is 2.56. The van der Waals surface area contributed by atoms with E-state index >= 15 is 0 Å². The predicted molar refractivity (Wildman–Crippen MR) is 85.2 cm³/mol. The third-order valence-corrected chi connectivity index (χ3v) is 3.81. The largest absolute Gasteiger partial charge is 0.480 e. The Morgan fingerprint density at radius 1 is 1.21 bits per heavy atom. The minimum Gasteiger partial charge on any atom is -0.480 e. The molecule has 9 nitrogen and oxygen atoms in total. The fraction of sp³-hybridized carbons (Fsp3) is 0.400. The first kappa shape index (κ1) is 16.2. The van der Waals surface area contributed by atoms with E-state index in [1.165, 1.54) is 6.07 Å². The summed E-state index contributed by atoms with van der Waals surface area (Å²) in [6, 6.07) is 1.48. The Morgan fingerprint density at radius 2 is 1.96 bits per heavy atom. The van der Waals surface area contributed by atoms with Gasteiger partial charge in [-0.15, -0.1) is 0 Å². The van der Waals surface area contributed by atoms with Gasteiger partial charge in [0.25, 0.3) is 5.56 Å². The molecular weight excluding hydrogens is 312 g/mol. The first-order chi connectivity index (χ1) is 11.6. The van der Waals surface area contributed by atoms with Crippen LogP contribution in [0.15, 0.2) is 29.5 Å². The molecule has 0 saturated carbocycles. The Hall–Kier alpha value is -2.65. The molecule has 0 amide bonds. The summed E-state index contributed by atoms with van der Waals surface area (Å²) in [4.78, 5) is 41.9. The molecule has 126 valence electrons. The van der Waals surface area contributed by atoms with Gasteiger partial charge in [0, 0.05) is 51.2 Å². The van der Waals surface area contributed by atoms with Crippen LogP contribution in [0.25, 0.3) is 11.5 Å². The third-order valence-electron chi connectivity index (χ3n) is 3.81. The summed E-state index contributed by atoms with van der Waals surface area (Å²) < 4.78 is 0. The molecule has 0 spiro atoms. The number of hydrogen-bond acceptors (Lipinski definition) is 7. The van der Waals surface area contributed by atoms with E-state index in [-0.39, 0.29) is 12.1 Å². The van der Waals surface area contributed by atoms with Gasteiger partial charge < -0.3 is 10.1 Å². The topological polar surface area (TPSA) is 115 Å². The first-order valence-corrected chi connectivity index (χ1v) is 7.63. The van der Waals surface area contributed by atoms with Crippen LogP contribution in [0.4, 0.5) is 0 Å². The molecule has 0 atom stereocenters. The fourth-order valence-electron chi connectivity index (χ4n) is 2.66. The number of carboxylic acids is 1. The lowest BCUT2D eigenvalue weighted by Crippen LogP contribution is -2.47. The molecule has 0 aromatic carbocycles. The molecule has 9 heteroatoms. The van der Waals surface area contributed by atoms with Crippen LogP contribution in [0.1, 0.15) is 5.69 Å². The molecule has 0 unspecified atom stereocenters. The number of nitrogens with one attached hydrogen (secondary N) is 1. The van der Waals surface area contributed by atoms with E-state index in [2.05, 4.69) is 24.8 Å². The summed E-state index contributed by atoms with van der Waals surface area (Å²) in [5.41, 5.74) is 0.944. The van der Waals surface area contributed by atoms with Crippen molar-refractivity contribution in [1.29, 1.82) is 0 Å². The van der Waals surface area contributed by atoms with Crippen molar-refractivity contribution < 1.29 is 9.90 Å². The lowest BCUT2D eigenvalue weighted by atomic mass is 10.2. The summed E-state index contributed by atoms with van der Waals surface area (Å²) >= 11 is 0. The lowest BCUT2D eigenvalue weighted by Gasteiger charge is -2.33. The molecule has 3 rings (SSSR count). The van der Waals surface area contributed by atoms with Crippen LogP contribution in [-0.4, -0.2) is 73.5 Å². The molecular formula is C15H18N6O3. The van der Waals surface area contributed by atoms with Gasteiger partial charge in [-0.3, -0.25) is 24.4 Å². The molecule has 1 fully saturated rings. The van der Waals surface area contributed by atoms with E-state index in [9.17, 15) is 9.59 Å². The minimum atomic E-state index is -0.812. The van der Waals surface area contributed by atoms with Crippen LogP contribution in [0.2, 0.25) is 0 Å². The Bertz CT molecular complexity index is 755. The average molecular weight is 330 g/mol. The lowest BCUT2D eigenvalue weighted by molar-refractivity contribution is -0.138. The van der Waals surface area contributed by atoms with Gasteiger partial charge in [-0.2, -0.15) is 0 Å². The van der Waals surface area contributed by atoms with Gasteiger partial charge in [-0.25, -0.2) is 9.97 Å². The van der Waals surface area contributed by atoms with Crippen molar-refractivity contribution in [3.05, 3.63) is 40.7 Å². The van der Waals surface area contributed by atoms with Gasteiger partial charge in [0.05, 0.1) is 18.4 Å². The summed E-state index contributed by atoms with van der Waals surface area (Å²) in [7, 11) is 0. The van der Waals surface area contributed by atoms with Crippen molar-refractivity contribution >= 4 is 5.97 Å². The first-order valence-electron chi connectivity index (χ1n) is 7.63. The smallest absolute Gasteiger partial charge is 0.317 e. The van der Waals surface area contributed by atoms with Crippen molar-refractivity contribution in [2.45, 2.75) is 6.54 Å². The Balaban J connectivity index is 1.67. The maximum absolute atomic E-state index is 11.9. The van der Waals surface area contributed by atoms with E-state index in [1.807, 2.05) is 4.90 Å². The number of carboxylic acid groups (broad SMARTS) is 1. The van der Waals surface area contributed by atoms with Crippen molar-refractivity contribution in [3.63, 3.8) is 0 Å². The number of rotatable bonds is 5. The van der Waals surface area contributed by atoms with Crippen molar-refractivity contribution in [3.8, 4) is 11.5 Å². The number of aromatic amines is 1. The molecule has 0 bridgehead atoms. The van der Waals surface area contributed by atoms with Crippen LogP contribution in [-0.2, 0) is 11.3 Å². The molecule has 3 heterocycles. The van der Waals surface area contributed by atoms with Crippen molar-refractivity contribution in [1.82, 2.24) is 29.7 Å². The Labute approximate surface area is 138 Å². The van der Waals surface area contributed by atoms with Gasteiger partial charge in [-0.1, -0.05) is 0 Å². The highest BCUT2D eigenvalue weighted by Gasteiger charge is 2.19. The summed E-state index contributed by atoms with van der Waals surface area (Å²) in [6.07, 6.45) is 4.65. The highest BCUT2D eigenvalue weighted by Crippen LogP contribution is 2.10. The van der Waals surface area contributed by atoms with Gasteiger partial charge in [0.15, 0.2) is 5.82 Å². The van der Waals surface area contributed by atoms with E-state index in [0.717, 1.165) is 13.1 Å². The van der Waals surface area contributed by atoms with Crippen LogP contribution in [0.5, 0.6) is 0 Å². The van der Waals surface area contributed by atoms with Crippen LogP contribution >= 0.6 is 0 Å². The minimum absolute atomic E-state index is 0.0634. The van der Waals surface area contributed by atoms with Crippen LogP contribution < -0.4 is 5.56 Å². The molecule has 2 aromatic heterocycles. The second-order valence-corrected chi connectivity index (χ2v) is 5.62. The molecule has 1 saturated heterocycles. The summed E-state index contributed by atoms with van der Waals surface area (Å²) in [5, 5.41) is 8.82. The van der Waals surface area contributed by atoms with E-state index in [1.54, 1.807) is 18.6 Å². The van der Waals surface area contributed by atoms with Gasteiger partial charge in [0.2, 0.25) is 0 Å². The second-order valence-electron chi connectivity index (χ2n) is 5.62. The molecule has 24 heavy (non-hydrogen) atoms. The molecule has 2 aromatic rings. The molecule has 0 aliphatic carbocycles. The van der Waals surface area contributed by atoms with E-state index < -0.39 is 5.97 Å². The molecule has 0 radical (unpaired) electrons. The monoisotopic (exact) mass is 330 g/mol. The maximum atomic E-state index is 11.9.